The van der Waals surface area contributed by atoms with Crippen LogP contribution in [0.3, 0.4) is 0 Å². The fourth-order valence-electron chi connectivity index (χ4n) is 3.25. The Kier molecular flexibility index (Phi) is 6.59. The second-order valence-electron chi connectivity index (χ2n) is 6.50. The van der Waals surface area contributed by atoms with Gasteiger partial charge in [-0.2, -0.15) is 0 Å². The molecule has 1 saturated heterocycles. The molecule has 0 aliphatic carbocycles. The van der Waals surface area contributed by atoms with Crippen LogP contribution in [0.25, 0.3) is 0 Å². The predicted molar refractivity (Wildman–Crippen MR) is 106 cm³/mol. The molecule has 1 aliphatic rings. The summed E-state index contributed by atoms with van der Waals surface area (Å²) >= 11 is 0. The second kappa shape index (κ2) is 9.32. The van der Waals surface area contributed by atoms with Crippen molar-refractivity contribution >= 4 is 11.6 Å². The van der Waals surface area contributed by atoms with Crippen LogP contribution in [0.5, 0.6) is 5.75 Å². The van der Waals surface area contributed by atoms with E-state index < -0.39 is 6.10 Å². The lowest BCUT2D eigenvalue weighted by Gasteiger charge is -2.22. The van der Waals surface area contributed by atoms with Crippen LogP contribution >= 0.6 is 0 Å². The highest BCUT2D eigenvalue weighted by Crippen LogP contribution is 2.30. The van der Waals surface area contributed by atoms with Gasteiger partial charge in [0.1, 0.15) is 17.6 Å². The van der Waals surface area contributed by atoms with E-state index in [1.54, 1.807) is 25.5 Å². The van der Waals surface area contributed by atoms with Gasteiger partial charge >= 0.3 is 0 Å². The van der Waals surface area contributed by atoms with E-state index in [9.17, 15) is 5.11 Å². The number of aliphatic hydroxyl groups is 1. The maximum absolute atomic E-state index is 10.2. The molecule has 3 rings (SSSR count). The summed E-state index contributed by atoms with van der Waals surface area (Å²) in [5.41, 5.74) is 1.11. The fourth-order valence-corrected chi connectivity index (χ4v) is 3.25. The van der Waals surface area contributed by atoms with Gasteiger partial charge in [0.05, 0.1) is 25.6 Å². The van der Waals surface area contributed by atoms with Crippen LogP contribution < -0.4 is 20.3 Å². The zero-order valence-corrected chi connectivity index (χ0v) is 15.9. The first-order chi connectivity index (χ1) is 13.2. The number of nitrogens with zero attached hydrogens (tertiary/aromatic N) is 2. The largest absolute Gasteiger partial charge is 0.495 e. The molecule has 1 aliphatic heterocycles. The topological polar surface area (TPSA) is 82.3 Å². The van der Waals surface area contributed by atoms with Crippen LogP contribution in [0.1, 0.15) is 25.2 Å². The minimum atomic E-state index is -0.746. The molecule has 1 aromatic carbocycles. The Morgan fingerprint density at radius 3 is 2.96 bits per heavy atom. The summed E-state index contributed by atoms with van der Waals surface area (Å²) in [5.74, 6) is 2.12. The molecule has 1 fully saturated rings. The molecule has 3 N–H and O–H groups in total. The summed E-state index contributed by atoms with van der Waals surface area (Å²) in [4.78, 5) is 6.82. The third-order valence-electron chi connectivity index (χ3n) is 4.59. The monoisotopic (exact) mass is 372 g/mol. The summed E-state index contributed by atoms with van der Waals surface area (Å²) in [5, 5.41) is 16.9. The highest BCUT2D eigenvalue weighted by molar-refractivity contribution is 5.80. The first-order valence-corrected chi connectivity index (χ1v) is 9.35. The Morgan fingerprint density at radius 2 is 2.22 bits per heavy atom. The number of anilines is 1. The van der Waals surface area contributed by atoms with Crippen molar-refractivity contribution in [3.8, 4) is 5.75 Å². The minimum Gasteiger partial charge on any atom is -0.495 e. The number of furan rings is 1. The second-order valence-corrected chi connectivity index (χ2v) is 6.50. The van der Waals surface area contributed by atoms with Gasteiger partial charge in [-0.15, -0.1) is 0 Å². The number of rotatable bonds is 7. The van der Waals surface area contributed by atoms with E-state index in [-0.39, 0.29) is 12.6 Å². The first kappa shape index (κ1) is 19.1. The van der Waals surface area contributed by atoms with Crippen molar-refractivity contribution in [2.75, 3.05) is 38.2 Å². The molecule has 27 heavy (non-hydrogen) atoms. The number of guanidine groups is 1. The van der Waals surface area contributed by atoms with Crippen LogP contribution in [-0.2, 0) is 0 Å². The maximum Gasteiger partial charge on any atom is 0.191 e. The number of hydrogen-bond donors (Lipinski definition) is 3. The Morgan fingerprint density at radius 1 is 1.37 bits per heavy atom. The van der Waals surface area contributed by atoms with Crippen molar-refractivity contribution in [1.82, 2.24) is 10.6 Å². The molecule has 146 valence electrons. The Labute approximate surface area is 160 Å². The molecule has 7 heteroatoms. The number of hydrogen-bond acceptors (Lipinski definition) is 5. The predicted octanol–water partition coefficient (Wildman–Crippen LogP) is 2.16. The van der Waals surface area contributed by atoms with Crippen LogP contribution in [0.4, 0.5) is 5.69 Å². The van der Waals surface area contributed by atoms with Crippen LogP contribution in [-0.4, -0.2) is 50.4 Å². The molecular weight excluding hydrogens is 344 g/mol. The highest BCUT2D eigenvalue weighted by atomic mass is 16.5. The van der Waals surface area contributed by atoms with Crippen LogP contribution in [0.15, 0.2) is 52.1 Å². The normalized spacial score (nSPS) is 18.4. The zero-order chi connectivity index (χ0) is 19.1. The van der Waals surface area contributed by atoms with Crippen molar-refractivity contribution in [1.29, 1.82) is 0 Å². The molecule has 2 unspecified atom stereocenters. The summed E-state index contributed by atoms with van der Waals surface area (Å²) in [6, 6.07) is 11.9. The highest BCUT2D eigenvalue weighted by Gasteiger charge is 2.25. The van der Waals surface area contributed by atoms with Gasteiger partial charge in [-0.1, -0.05) is 12.1 Å². The number of nitrogens with one attached hydrogen (secondary N) is 2. The van der Waals surface area contributed by atoms with Gasteiger partial charge in [-0.3, -0.25) is 4.99 Å². The third kappa shape index (κ3) is 4.95. The van der Waals surface area contributed by atoms with E-state index in [1.807, 2.05) is 25.1 Å². The van der Waals surface area contributed by atoms with Crippen LogP contribution in [0, 0.1) is 0 Å². The molecule has 0 amide bonds. The molecule has 1 aromatic heterocycles. The number of aliphatic hydroxyl groups excluding tert-OH is 1. The smallest absolute Gasteiger partial charge is 0.191 e. The quantitative estimate of drug-likeness (QED) is 0.510. The Balaban J connectivity index is 1.59. The van der Waals surface area contributed by atoms with Gasteiger partial charge in [0.25, 0.3) is 0 Å². The first-order valence-electron chi connectivity index (χ1n) is 9.35. The van der Waals surface area contributed by atoms with Crippen molar-refractivity contribution in [3.05, 3.63) is 48.4 Å². The number of ether oxygens (including phenoxy) is 1. The van der Waals surface area contributed by atoms with E-state index in [2.05, 4.69) is 26.6 Å². The van der Waals surface area contributed by atoms with Crippen molar-refractivity contribution in [3.63, 3.8) is 0 Å². The van der Waals surface area contributed by atoms with E-state index in [0.29, 0.717) is 11.7 Å². The van der Waals surface area contributed by atoms with E-state index >= 15 is 0 Å². The molecule has 7 nitrogen and oxygen atoms in total. The lowest BCUT2D eigenvalue weighted by atomic mass is 10.2. The standard InChI is InChI=1S/C20H28N4O3/c1-3-21-20(22-13-17(25)19-9-6-12-27-19)23-15-10-11-24(14-15)16-7-4-5-8-18(16)26-2/h4-9,12,15,17,25H,3,10-11,13-14H2,1-2H3,(H2,21,22,23). The maximum atomic E-state index is 10.2. The average molecular weight is 372 g/mol. The summed E-state index contributed by atoms with van der Waals surface area (Å²) in [7, 11) is 1.70. The third-order valence-corrected chi connectivity index (χ3v) is 4.59. The van der Waals surface area contributed by atoms with Gasteiger partial charge in [-0.25, -0.2) is 0 Å². The fraction of sp³-hybridized carbons (Fsp3) is 0.450. The van der Waals surface area contributed by atoms with Gasteiger partial charge in [-0.05, 0) is 37.6 Å². The summed E-state index contributed by atoms with van der Waals surface area (Å²) in [6.45, 7) is 4.84. The number of methoxy groups -OCH3 is 1. The van der Waals surface area contributed by atoms with Crippen molar-refractivity contribution in [2.24, 2.45) is 4.99 Å². The number of aliphatic imine (C=N–C) groups is 1. The molecule has 2 heterocycles. The van der Waals surface area contributed by atoms with E-state index in [0.717, 1.165) is 37.5 Å². The van der Waals surface area contributed by atoms with Crippen LogP contribution in [0.2, 0.25) is 0 Å². The van der Waals surface area contributed by atoms with Gasteiger partial charge in [0.15, 0.2) is 5.96 Å². The number of para-hydroxylation sites is 2. The molecule has 0 bridgehead atoms. The van der Waals surface area contributed by atoms with E-state index in [1.165, 1.54) is 0 Å². The lowest BCUT2D eigenvalue weighted by molar-refractivity contribution is 0.158. The van der Waals surface area contributed by atoms with Gasteiger partial charge < -0.3 is 29.8 Å². The minimum absolute atomic E-state index is 0.242. The van der Waals surface area contributed by atoms with Crippen molar-refractivity contribution < 1.29 is 14.3 Å². The van der Waals surface area contributed by atoms with Gasteiger partial charge in [0.2, 0.25) is 0 Å². The molecule has 0 saturated carbocycles. The zero-order valence-electron chi connectivity index (χ0n) is 15.9. The average Bonchev–Trinajstić information content (AvgIpc) is 3.38. The molecule has 0 spiro atoms. The summed E-state index contributed by atoms with van der Waals surface area (Å²) < 4.78 is 10.7. The van der Waals surface area contributed by atoms with E-state index in [4.69, 9.17) is 9.15 Å². The molecule has 2 aromatic rings. The van der Waals surface area contributed by atoms with Crippen molar-refractivity contribution in [2.45, 2.75) is 25.5 Å². The number of benzene rings is 1. The lowest BCUT2D eigenvalue weighted by Crippen LogP contribution is -2.44. The molecular formula is C20H28N4O3. The molecule has 0 radical (unpaired) electrons. The SMILES string of the molecule is CCNC(=NCC(O)c1ccco1)NC1CCN(c2ccccc2OC)C1. The Hall–Kier alpha value is -2.67. The van der Waals surface area contributed by atoms with Gasteiger partial charge in [0, 0.05) is 25.7 Å². The molecule has 2 atom stereocenters. The summed E-state index contributed by atoms with van der Waals surface area (Å²) in [6.07, 6.45) is 1.81. The Bertz CT molecular complexity index is 733.